The second-order valence-electron chi connectivity index (χ2n) is 5.93. The molecule has 0 spiro atoms. The minimum absolute atomic E-state index is 0. The molecule has 5 nitrogen and oxygen atoms in total. The van der Waals surface area contributed by atoms with E-state index in [0.29, 0.717) is 0 Å². The number of piperidine rings is 1. The lowest BCUT2D eigenvalue weighted by molar-refractivity contribution is -0.125. The van der Waals surface area contributed by atoms with E-state index in [9.17, 15) is 4.79 Å². The number of aryl methyl sites for hydroxylation is 2. The quantitative estimate of drug-likeness (QED) is 0.872. The van der Waals surface area contributed by atoms with E-state index in [1.165, 1.54) is 5.56 Å². The Balaban J connectivity index is 0.00000220. The van der Waals surface area contributed by atoms with Gasteiger partial charge in [-0.2, -0.15) is 5.10 Å². The maximum atomic E-state index is 12.3. The van der Waals surface area contributed by atoms with Crippen molar-refractivity contribution in [2.45, 2.75) is 46.1 Å². The Morgan fingerprint density at radius 1 is 1.45 bits per heavy atom. The van der Waals surface area contributed by atoms with Crippen molar-refractivity contribution < 1.29 is 4.79 Å². The molecule has 0 aliphatic carbocycles. The first-order chi connectivity index (χ1) is 9.49. The molecule has 128 valence electrons. The standard InChI is InChI=1S/C15H26N4O.2ClH/c1-10(8-14-11(2)18-19(4)12(14)3)15(20)17-13-6-5-7-16-9-13;;/h10,13,16H,5-9H2,1-4H3,(H,17,20);2*1H. The van der Waals surface area contributed by atoms with E-state index in [0.717, 1.165) is 43.7 Å². The third-order valence-electron chi connectivity index (χ3n) is 4.26. The number of carbonyl (C=O) groups excluding carboxylic acids is 1. The fourth-order valence-corrected chi connectivity index (χ4v) is 2.83. The average molecular weight is 351 g/mol. The molecule has 7 heteroatoms. The van der Waals surface area contributed by atoms with Gasteiger partial charge in [-0.3, -0.25) is 9.48 Å². The smallest absolute Gasteiger partial charge is 0.223 e. The van der Waals surface area contributed by atoms with Gasteiger partial charge in [0.1, 0.15) is 0 Å². The zero-order valence-electron chi connectivity index (χ0n) is 13.8. The Hall–Kier alpha value is -0.780. The van der Waals surface area contributed by atoms with E-state index in [2.05, 4.69) is 22.7 Å². The van der Waals surface area contributed by atoms with Crippen LogP contribution >= 0.6 is 24.8 Å². The molecule has 22 heavy (non-hydrogen) atoms. The highest BCUT2D eigenvalue weighted by atomic mass is 35.5. The van der Waals surface area contributed by atoms with Crippen molar-refractivity contribution in [2.75, 3.05) is 13.1 Å². The number of carbonyl (C=O) groups is 1. The summed E-state index contributed by atoms with van der Waals surface area (Å²) in [7, 11) is 1.95. The van der Waals surface area contributed by atoms with Crippen molar-refractivity contribution >= 4 is 30.7 Å². The van der Waals surface area contributed by atoms with Crippen LogP contribution in [0, 0.1) is 19.8 Å². The lowest BCUT2D eigenvalue weighted by Crippen LogP contribution is -2.47. The van der Waals surface area contributed by atoms with Gasteiger partial charge in [0.15, 0.2) is 0 Å². The summed E-state index contributed by atoms with van der Waals surface area (Å²) in [4.78, 5) is 12.3. The van der Waals surface area contributed by atoms with Gasteiger partial charge in [-0.25, -0.2) is 0 Å². The number of rotatable bonds is 4. The molecule has 0 saturated carbocycles. The van der Waals surface area contributed by atoms with Crippen LogP contribution in [0.2, 0.25) is 0 Å². The van der Waals surface area contributed by atoms with Crippen LogP contribution in [0.1, 0.15) is 36.7 Å². The van der Waals surface area contributed by atoms with Crippen LogP contribution in [-0.2, 0) is 18.3 Å². The van der Waals surface area contributed by atoms with Crippen LogP contribution in [0.3, 0.4) is 0 Å². The van der Waals surface area contributed by atoms with Crippen molar-refractivity contribution in [3.05, 3.63) is 17.0 Å². The predicted molar refractivity (Wildman–Crippen MR) is 94.1 cm³/mol. The van der Waals surface area contributed by atoms with Crippen molar-refractivity contribution in [2.24, 2.45) is 13.0 Å². The van der Waals surface area contributed by atoms with Crippen LogP contribution in [0.4, 0.5) is 0 Å². The molecule has 1 aromatic heterocycles. The summed E-state index contributed by atoms with van der Waals surface area (Å²) in [5.74, 6) is 0.139. The zero-order valence-corrected chi connectivity index (χ0v) is 15.4. The number of hydrogen-bond donors (Lipinski definition) is 2. The molecule has 2 heterocycles. The van der Waals surface area contributed by atoms with E-state index in [1.807, 2.05) is 25.6 Å². The summed E-state index contributed by atoms with van der Waals surface area (Å²) in [6.45, 7) is 8.03. The second kappa shape index (κ2) is 9.38. The molecule has 0 bridgehead atoms. The SMILES string of the molecule is Cc1nn(C)c(C)c1CC(C)C(=O)NC1CCCNC1.Cl.Cl. The minimum atomic E-state index is -0.0153. The van der Waals surface area contributed by atoms with Gasteiger partial charge in [-0.1, -0.05) is 6.92 Å². The summed E-state index contributed by atoms with van der Waals surface area (Å²) in [6, 6.07) is 0.287. The highest BCUT2D eigenvalue weighted by Crippen LogP contribution is 2.17. The van der Waals surface area contributed by atoms with Crippen LogP contribution in [0.5, 0.6) is 0 Å². The molecule has 0 aromatic carbocycles. The normalized spacial score (nSPS) is 18.8. The minimum Gasteiger partial charge on any atom is -0.352 e. The molecule has 1 aromatic rings. The third kappa shape index (κ3) is 5.14. The summed E-state index contributed by atoms with van der Waals surface area (Å²) < 4.78 is 1.89. The summed E-state index contributed by atoms with van der Waals surface area (Å²) in [5, 5.41) is 10.9. The van der Waals surface area contributed by atoms with Gasteiger partial charge in [-0.05, 0) is 45.2 Å². The maximum absolute atomic E-state index is 12.3. The average Bonchev–Trinajstić information content (AvgIpc) is 2.66. The van der Waals surface area contributed by atoms with Crippen LogP contribution in [0.15, 0.2) is 0 Å². The van der Waals surface area contributed by atoms with E-state index in [1.54, 1.807) is 0 Å². The van der Waals surface area contributed by atoms with Crippen LogP contribution < -0.4 is 10.6 Å². The van der Waals surface area contributed by atoms with Crippen LogP contribution in [-0.4, -0.2) is 34.8 Å². The highest BCUT2D eigenvalue weighted by molar-refractivity contribution is 5.85. The molecular formula is C15H28Cl2N4O. The Morgan fingerprint density at radius 2 is 2.14 bits per heavy atom. The van der Waals surface area contributed by atoms with Crippen molar-refractivity contribution in [3.63, 3.8) is 0 Å². The molecule has 2 N–H and O–H groups in total. The summed E-state index contributed by atoms with van der Waals surface area (Å²) in [5.41, 5.74) is 3.39. The van der Waals surface area contributed by atoms with Gasteiger partial charge < -0.3 is 10.6 Å². The van der Waals surface area contributed by atoms with Crippen LogP contribution in [0.25, 0.3) is 0 Å². The number of halogens is 2. The first kappa shape index (κ1) is 21.2. The largest absolute Gasteiger partial charge is 0.352 e. The molecule has 1 saturated heterocycles. The first-order valence-corrected chi connectivity index (χ1v) is 7.49. The van der Waals surface area contributed by atoms with Gasteiger partial charge in [0.2, 0.25) is 5.91 Å². The molecule has 2 atom stereocenters. The number of aromatic nitrogens is 2. The lowest BCUT2D eigenvalue weighted by atomic mass is 9.98. The highest BCUT2D eigenvalue weighted by Gasteiger charge is 2.21. The van der Waals surface area contributed by atoms with E-state index >= 15 is 0 Å². The van der Waals surface area contributed by atoms with E-state index < -0.39 is 0 Å². The molecule has 1 fully saturated rings. The first-order valence-electron chi connectivity index (χ1n) is 7.49. The second-order valence-corrected chi connectivity index (χ2v) is 5.93. The van der Waals surface area contributed by atoms with Crippen molar-refractivity contribution in [3.8, 4) is 0 Å². The Labute approximate surface area is 145 Å². The fourth-order valence-electron chi connectivity index (χ4n) is 2.83. The maximum Gasteiger partial charge on any atom is 0.223 e. The Kier molecular flexibility index (Phi) is 9.05. The van der Waals surface area contributed by atoms with E-state index in [4.69, 9.17) is 0 Å². The number of nitrogens with one attached hydrogen (secondary N) is 2. The van der Waals surface area contributed by atoms with Crippen molar-refractivity contribution in [1.82, 2.24) is 20.4 Å². The molecule has 2 unspecified atom stereocenters. The third-order valence-corrected chi connectivity index (χ3v) is 4.26. The molecule has 1 aliphatic heterocycles. The lowest BCUT2D eigenvalue weighted by Gasteiger charge is -2.25. The van der Waals surface area contributed by atoms with Gasteiger partial charge >= 0.3 is 0 Å². The summed E-state index contributed by atoms with van der Waals surface area (Å²) in [6.07, 6.45) is 2.98. The molecule has 0 radical (unpaired) electrons. The Bertz CT molecular complexity index is 484. The summed E-state index contributed by atoms with van der Waals surface area (Å²) >= 11 is 0. The fraction of sp³-hybridized carbons (Fsp3) is 0.733. The topological polar surface area (TPSA) is 59.0 Å². The van der Waals surface area contributed by atoms with Gasteiger partial charge in [-0.15, -0.1) is 24.8 Å². The predicted octanol–water partition coefficient (Wildman–Crippen LogP) is 1.93. The number of amides is 1. The molecule has 2 rings (SSSR count). The molecular weight excluding hydrogens is 323 g/mol. The van der Waals surface area contributed by atoms with Gasteiger partial charge in [0.25, 0.3) is 0 Å². The molecule has 1 aliphatic rings. The van der Waals surface area contributed by atoms with Gasteiger partial charge in [0, 0.05) is 31.2 Å². The van der Waals surface area contributed by atoms with Gasteiger partial charge in [0.05, 0.1) is 5.69 Å². The Morgan fingerprint density at radius 3 is 2.64 bits per heavy atom. The number of nitrogens with zero attached hydrogens (tertiary/aromatic N) is 2. The van der Waals surface area contributed by atoms with Crippen molar-refractivity contribution in [1.29, 1.82) is 0 Å². The monoisotopic (exact) mass is 350 g/mol. The molecule has 1 amide bonds. The number of hydrogen-bond acceptors (Lipinski definition) is 3. The zero-order chi connectivity index (χ0) is 14.7. The van der Waals surface area contributed by atoms with E-state index in [-0.39, 0.29) is 42.7 Å².